The lowest BCUT2D eigenvalue weighted by Gasteiger charge is -2.44. The van der Waals surface area contributed by atoms with Gasteiger partial charge < -0.3 is 15.0 Å². The van der Waals surface area contributed by atoms with Crippen LogP contribution in [-0.2, 0) is 14.3 Å². The number of nitrogens with one attached hydrogen (secondary N) is 1. The van der Waals surface area contributed by atoms with Crippen LogP contribution in [0.3, 0.4) is 0 Å². The highest BCUT2D eigenvalue weighted by Crippen LogP contribution is 2.22. The molecule has 0 radical (unpaired) electrons. The highest BCUT2D eigenvalue weighted by Gasteiger charge is 2.43. The molecule has 0 aromatic heterocycles. The Morgan fingerprint density at radius 1 is 1.25 bits per heavy atom. The summed E-state index contributed by atoms with van der Waals surface area (Å²) < 4.78 is 5.51. The zero-order valence-corrected chi connectivity index (χ0v) is 13.5. The van der Waals surface area contributed by atoms with Gasteiger partial charge in [-0.2, -0.15) is 0 Å². The van der Waals surface area contributed by atoms with Gasteiger partial charge >= 0.3 is 0 Å². The molecule has 1 N–H and O–H groups in total. The van der Waals surface area contributed by atoms with Crippen molar-refractivity contribution in [2.75, 3.05) is 13.2 Å². The number of amides is 2. The molecular formula is C15H28N2O3. The molecule has 1 aliphatic heterocycles. The number of hydrogen-bond acceptors (Lipinski definition) is 3. The molecule has 1 fully saturated rings. The molecule has 5 heteroatoms. The summed E-state index contributed by atoms with van der Waals surface area (Å²) in [6.07, 6.45) is 0. The number of ether oxygens (including phenoxy) is 1. The molecule has 0 saturated carbocycles. The first-order valence-electron chi connectivity index (χ1n) is 7.51. The summed E-state index contributed by atoms with van der Waals surface area (Å²) in [7, 11) is 0. The second kappa shape index (κ2) is 7.07. The van der Waals surface area contributed by atoms with Gasteiger partial charge in [0.2, 0.25) is 11.8 Å². The minimum absolute atomic E-state index is 0.00510. The lowest BCUT2D eigenvalue weighted by molar-refractivity contribution is -0.155. The molecule has 0 spiro atoms. The first kappa shape index (κ1) is 17.0. The number of nitrogens with zero attached hydrogens (tertiary/aromatic N) is 1. The van der Waals surface area contributed by atoms with E-state index >= 15 is 0 Å². The number of piperazine rings is 1. The Bertz CT molecular complexity index is 355. The highest BCUT2D eigenvalue weighted by atomic mass is 16.5. The van der Waals surface area contributed by atoms with E-state index < -0.39 is 12.1 Å². The minimum Gasteiger partial charge on any atom is -0.380 e. The van der Waals surface area contributed by atoms with E-state index in [-0.39, 0.29) is 29.7 Å². The van der Waals surface area contributed by atoms with Crippen LogP contribution in [0.25, 0.3) is 0 Å². The van der Waals surface area contributed by atoms with E-state index in [1.165, 1.54) is 0 Å². The lowest BCUT2D eigenvalue weighted by atomic mass is 9.93. The second-order valence-electron chi connectivity index (χ2n) is 6.12. The molecule has 1 rings (SSSR count). The van der Waals surface area contributed by atoms with Crippen molar-refractivity contribution in [1.29, 1.82) is 0 Å². The number of rotatable bonds is 6. The zero-order valence-electron chi connectivity index (χ0n) is 13.5. The molecule has 2 amide bonds. The molecule has 0 aromatic rings. The fourth-order valence-electron chi connectivity index (χ4n) is 2.55. The topological polar surface area (TPSA) is 58.6 Å². The Morgan fingerprint density at radius 3 is 2.30 bits per heavy atom. The minimum atomic E-state index is -0.439. The van der Waals surface area contributed by atoms with Gasteiger partial charge in [-0.25, -0.2) is 0 Å². The van der Waals surface area contributed by atoms with Gasteiger partial charge in [0.25, 0.3) is 0 Å². The number of hydrogen-bond donors (Lipinski definition) is 1. The molecule has 1 aliphatic rings. The standard InChI is InChI=1S/C15H28N2O3/c1-7-20-8-12(9(2)3)17-11(6)14(18)16-13(10(4)5)15(17)19/h9-13H,7-8H2,1-6H3,(H,16,18). The summed E-state index contributed by atoms with van der Waals surface area (Å²) in [5.74, 6) is 0.254. The van der Waals surface area contributed by atoms with Crippen LogP contribution in [0.4, 0.5) is 0 Å². The van der Waals surface area contributed by atoms with Crippen molar-refractivity contribution < 1.29 is 14.3 Å². The van der Waals surface area contributed by atoms with E-state index in [0.29, 0.717) is 13.2 Å². The second-order valence-corrected chi connectivity index (χ2v) is 6.12. The van der Waals surface area contributed by atoms with Crippen molar-refractivity contribution in [3.05, 3.63) is 0 Å². The molecule has 5 nitrogen and oxygen atoms in total. The van der Waals surface area contributed by atoms with Gasteiger partial charge in [-0.15, -0.1) is 0 Å². The van der Waals surface area contributed by atoms with E-state index in [0.717, 1.165) is 0 Å². The first-order chi connectivity index (χ1) is 9.31. The summed E-state index contributed by atoms with van der Waals surface area (Å²) in [5, 5.41) is 2.82. The molecule has 1 saturated heterocycles. The Kier molecular flexibility index (Phi) is 5.99. The molecule has 20 heavy (non-hydrogen) atoms. The third-order valence-corrected chi connectivity index (χ3v) is 3.90. The van der Waals surface area contributed by atoms with Gasteiger partial charge in [-0.3, -0.25) is 9.59 Å². The molecule has 1 heterocycles. The summed E-state index contributed by atoms with van der Waals surface area (Å²) in [6, 6.07) is -0.934. The van der Waals surface area contributed by atoms with E-state index in [4.69, 9.17) is 4.74 Å². The van der Waals surface area contributed by atoms with E-state index in [2.05, 4.69) is 19.2 Å². The van der Waals surface area contributed by atoms with Crippen LogP contribution in [0.15, 0.2) is 0 Å². The molecule has 116 valence electrons. The third kappa shape index (κ3) is 3.51. The third-order valence-electron chi connectivity index (χ3n) is 3.90. The quantitative estimate of drug-likeness (QED) is 0.802. The van der Waals surface area contributed by atoms with E-state index in [1.807, 2.05) is 20.8 Å². The normalized spacial score (nSPS) is 25.3. The number of carbonyl (C=O) groups excluding carboxylic acids is 2. The van der Waals surface area contributed by atoms with Crippen LogP contribution >= 0.6 is 0 Å². The monoisotopic (exact) mass is 284 g/mol. The van der Waals surface area contributed by atoms with Crippen molar-refractivity contribution in [2.45, 2.75) is 59.7 Å². The maximum atomic E-state index is 12.7. The lowest BCUT2D eigenvalue weighted by Crippen LogP contribution is -2.67. The maximum Gasteiger partial charge on any atom is 0.246 e. The Hall–Kier alpha value is -1.10. The van der Waals surface area contributed by atoms with Gasteiger partial charge in [0, 0.05) is 6.61 Å². The Balaban J connectivity index is 3.01. The molecule has 0 aromatic carbocycles. The SMILES string of the molecule is CCOCC(C(C)C)N1C(=O)C(C(C)C)NC(=O)C1C. The van der Waals surface area contributed by atoms with Gasteiger partial charge in [-0.05, 0) is 25.7 Å². The van der Waals surface area contributed by atoms with Gasteiger partial charge in [0.1, 0.15) is 12.1 Å². The smallest absolute Gasteiger partial charge is 0.246 e. The fraction of sp³-hybridized carbons (Fsp3) is 0.867. The van der Waals surface area contributed by atoms with Crippen molar-refractivity contribution >= 4 is 11.8 Å². The predicted molar refractivity (Wildman–Crippen MR) is 78.2 cm³/mol. The van der Waals surface area contributed by atoms with Crippen LogP contribution in [0.5, 0.6) is 0 Å². The van der Waals surface area contributed by atoms with Crippen molar-refractivity contribution in [1.82, 2.24) is 10.2 Å². The molecular weight excluding hydrogens is 256 g/mol. The highest BCUT2D eigenvalue weighted by molar-refractivity contribution is 5.97. The first-order valence-corrected chi connectivity index (χ1v) is 7.51. The van der Waals surface area contributed by atoms with Crippen LogP contribution in [-0.4, -0.2) is 48.1 Å². The van der Waals surface area contributed by atoms with E-state index in [1.54, 1.807) is 11.8 Å². The van der Waals surface area contributed by atoms with Crippen molar-refractivity contribution in [3.63, 3.8) is 0 Å². The number of carbonyl (C=O) groups is 2. The average molecular weight is 284 g/mol. The average Bonchev–Trinajstić information content (AvgIpc) is 2.36. The fourth-order valence-corrected chi connectivity index (χ4v) is 2.55. The molecule has 3 unspecified atom stereocenters. The predicted octanol–water partition coefficient (Wildman–Crippen LogP) is 1.42. The van der Waals surface area contributed by atoms with Gasteiger partial charge in [-0.1, -0.05) is 27.7 Å². The van der Waals surface area contributed by atoms with Crippen LogP contribution in [0.1, 0.15) is 41.5 Å². The Labute approximate surface area is 122 Å². The van der Waals surface area contributed by atoms with Crippen molar-refractivity contribution in [2.24, 2.45) is 11.8 Å². The summed E-state index contributed by atoms with van der Waals surface area (Å²) in [6.45, 7) is 12.8. The summed E-state index contributed by atoms with van der Waals surface area (Å²) in [5.41, 5.74) is 0. The summed E-state index contributed by atoms with van der Waals surface area (Å²) >= 11 is 0. The van der Waals surface area contributed by atoms with E-state index in [9.17, 15) is 9.59 Å². The van der Waals surface area contributed by atoms with Crippen molar-refractivity contribution in [3.8, 4) is 0 Å². The Morgan fingerprint density at radius 2 is 1.85 bits per heavy atom. The zero-order chi connectivity index (χ0) is 15.4. The summed E-state index contributed by atoms with van der Waals surface area (Å²) in [4.78, 5) is 26.5. The van der Waals surface area contributed by atoms with Crippen LogP contribution in [0, 0.1) is 11.8 Å². The van der Waals surface area contributed by atoms with Gasteiger partial charge in [0.15, 0.2) is 0 Å². The largest absolute Gasteiger partial charge is 0.380 e. The molecule has 0 bridgehead atoms. The molecule has 3 atom stereocenters. The van der Waals surface area contributed by atoms with Crippen LogP contribution in [0.2, 0.25) is 0 Å². The van der Waals surface area contributed by atoms with Crippen LogP contribution < -0.4 is 5.32 Å². The molecule has 0 aliphatic carbocycles. The van der Waals surface area contributed by atoms with Gasteiger partial charge in [0.05, 0.1) is 12.6 Å². The maximum absolute atomic E-state index is 12.7.